The Morgan fingerprint density at radius 3 is 2.58 bits per heavy atom. The maximum Gasteiger partial charge on any atom is 0.261 e. The van der Waals surface area contributed by atoms with Crippen molar-refractivity contribution in [2.45, 2.75) is 0 Å². The summed E-state index contributed by atoms with van der Waals surface area (Å²) in [7, 11) is 1.70. The summed E-state index contributed by atoms with van der Waals surface area (Å²) >= 11 is 0. The smallest absolute Gasteiger partial charge is 0.261 e. The maximum atomic E-state index is 12.3. The molecule has 0 unspecified atom stereocenters. The van der Waals surface area contributed by atoms with Gasteiger partial charge in [-0.1, -0.05) is 30.3 Å². The molecule has 0 saturated carbocycles. The van der Waals surface area contributed by atoms with Gasteiger partial charge >= 0.3 is 0 Å². The fourth-order valence-electron chi connectivity index (χ4n) is 2.06. The summed E-state index contributed by atoms with van der Waals surface area (Å²) in [6.07, 6.45) is 1.67. The van der Waals surface area contributed by atoms with E-state index in [1.165, 1.54) is 4.57 Å². The Morgan fingerprint density at radius 1 is 1.11 bits per heavy atom. The summed E-state index contributed by atoms with van der Waals surface area (Å²) in [5, 5.41) is 0.491. The van der Waals surface area contributed by atoms with E-state index in [1.807, 2.05) is 30.3 Å². The van der Waals surface area contributed by atoms with Crippen LogP contribution in [0.25, 0.3) is 22.2 Å². The summed E-state index contributed by atoms with van der Waals surface area (Å²) in [6, 6.07) is 11.3. The van der Waals surface area contributed by atoms with Crippen LogP contribution in [0.1, 0.15) is 0 Å². The van der Waals surface area contributed by atoms with E-state index in [1.54, 1.807) is 19.3 Å². The average molecular weight is 252 g/mol. The van der Waals surface area contributed by atoms with Crippen LogP contribution in [0.3, 0.4) is 0 Å². The number of fused-ring (bicyclic) bond motifs is 1. The van der Waals surface area contributed by atoms with Gasteiger partial charge in [-0.2, -0.15) is 0 Å². The Balaban J connectivity index is 2.48. The van der Waals surface area contributed by atoms with Crippen molar-refractivity contribution in [2.75, 3.05) is 5.73 Å². The molecule has 0 aliphatic heterocycles. The number of aryl methyl sites for hydroxylation is 1. The number of aromatic nitrogens is 3. The molecule has 2 heterocycles. The summed E-state index contributed by atoms with van der Waals surface area (Å²) < 4.78 is 1.51. The van der Waals surface area contributed by atoms with Gasteiger partial charge in [0.15, 0.2) is 0 Å². The molecule has 3 rings (SSSR count). The van der Waals surface area contributed by atoms with Crippen molar-refractivity contribution < 1.29 is 0 Å². The second-order valence-corrected chi connectivity index (χ2v) is 4.29. The predicted molar refractivity (Wildman–Crippen MR) is 74.6 cm³/mol. The van der Waals surface area contributed by atoms with Gasteiger partial charge in [0.05, 0.1) is 16.6 Å². The molecule has 2 N–H and O–H groups in total. The number of nitrogen functional groups attached to an aromatic ring is 1. The molecular weight excluding hydrogens is 240 g/mol. The Kier molecular flexibility index (Phi) is 2.52. The van der Waals surface area contributed by atoms with Crippen LogP contribution in [0, 0.1) is 0 Å². The number of rotatable bonds is 1. The lowest BCUT2D eigenvalue weighted by Crippen LogP contribution is -2.17. The van der Waals surface area contributed by atoms with Gasteiger partial charge in [0, 0.05) is 18.8 Å². The SMILES string of the molecule is Cn1ccc2nc(N)nc(-c3ccccc3)c2c1=O. The van der Waals surface area contributed by atoms with Gasteiger partial charge in [-0.3, -0.25) is 4.79 Å². The summed E-state index contributed by atoms with van der Waals surface area (Å²) in [5.74, 6) is 0.166. The molecule has 0 bridgehead atoms. The third kappa shape index (κ3) is 1.85. The molecule has 0 radical (unpaired) electrons. The minimum absolute atomic E-state index is 0.128. The van der Waals surface area contributed by atoms with Crippen molar-refractivity contribution in [1.82, 2.24) is 14.5 Å². The van der Waals surface area contributed by atoms with Crippen LogP contribution in [-0.2, 0) is 7.05 Å². The van der Waals surface area contributed by atoms with Crippen LogP contribution < -0.4 is 11.3 Å². The van der Waals surface area contributed by atoms with E-state index in [0.29, 0.717) is 16.6 Å². The Bertz CT molecular complexity index is 809. The van der Waals surface area contributed by atoms with E-state index in [4.69, 9.17) is 5.73 Å². The quantitative estimate of drug-likeness (QED) is 0.713. The highest BCUT2D eigenvalue weighted by Gasteiger charge is 2.12. The van der Waals surface area contributed by atoms with Crippen molar-refractivity contribution in [3.63, 3.8) is 0 Å². The number of nitrogens with two attached hydrogens (primary N) is 1. The number of pyridine rings is 1. The van der Waals surface area contributed by atoms with Gasteiger partial charge in [-0.15, -0.1) is 0 Å². The first-order chi connectivity index (χ1) is 9.16. The van der Waals surface area contributed by atoms with Gasteiger partial charge < -0.3 is 10.3 Å². The molecule has 1 aromatic carbocycles. The Hall–Kier alpha value is -2.69. The zero-order chi connectivity index (χ0) is 13.4. The summed E-state index contributed by atoms with van der Waals surface area (Å²) in [6.45, 7) is 0. The lowest BCUT2D eigenvalue weighted by atomic mass is 10.1. The molecule has 0 atom stereocenters. The Labute approximate surface area is 109 Å². The number of hydrogen-bond donors (Lipinski definition) is 1. The third-order valence-electron chi connectivity index (χ3n) is 2.99. The Morgan fingerprint density at radius 2 is 1.84 bits per heavy atom. The average Bonchev–Trinajstić information content (AvgIpc) is 2.43. The largest absolute Gasteiger partial charge is 0.368 e. The first-order valence-corrected chi connectivity index (χ1v) is 5.85. The van der Waals surface area contributed by atoms with Crippen molar-refractivity contribution in [3.05, 3.63) is 52.9 Å². The van der Waals surface area contributed by atoms with Gasteiger partial charge in [-0.25, -0.2) is 9.97 Å². The number of nitrogens with zero attached hydrogens (tertiary/aromatic N) is 3. The molecule has 0 saturated heterocycles. The fraction of sp³-hybridized carbons (Fsp3) is 0.0714. The van der Waals surface area contributed by atoms with E-state index in [0.717, 1.165) is 5.56 Å². The molecule has 0 spiro atoms. The van der Waals surface area contributed by atoms with Gasteiger partial charge in [0.25, 0.3) is 5.56 Å². The topological polar surface area (TPSA) is 73.8 Å². The van der Waals surface area contributed by atoms with Crippen LogP contribution >= 0.6 is 0 Å². The maximum absolute atomic E-state index is 12.3. The molecule has 5 heteroatoms. The monoisotopic (exact) mass is 252 g/mol. The molecule has 0 fully saturated rings. The summed E-state index contributed by atoms with van der Waals surface area (Å²) in [5.41, 5.74) is 7.58. The molecule has 0 amide bonds. The fourth-order valence-corrected chi connectivity index (χ4v) is 2.06. The highest BCUT2D eigenvalue weighted by Crippen LogP contribution is 2.23. The second kappa shape index (κ2) is 4.20. The molecule has 0 aliphatic rings. The first kappa shape index (κ1) is 11.4. The highest BCUT2D eigenvalue weighted by molar-refractivity contribution is 5.92. The minimum Gasteiger partial charge on any atom is -0.368 e. The molecule has 5 nitrogen and oxygen atoms in total. The van der Waals surface area contributed by atoms with Crippen LogP contribution in [0.15, 0.2) is 47.4 Å². The third-order valence-corrected chi connectivity index (χ3v) is 2.99. The van der Waals surface area contributed by atoms with Crippen LogP contribution in [0.2, 0.25) is 0 Å². The van der Waals surface area contributed by atoms with Crippen molar-refractivity contribution in [1.29, 1.82) is 0 Å². The predicted octanol–water partition coefficient (Wildman–Crippen LogP) is 1.58. The highest BCUT2D eigenvalue weighted by atomic mass is 16.1. The first-order valence-electron chi connectivity index (χ1n) is 5.85. The number of benzene rings is 1. The van der Waals surface area contributed by atoms with Crippen LogP contribution in [-0.4, -0.2) is 14.5 Å². The standard InChI is InChI=1S/C14H12N4O/c1-18-8-7-10-11(13(18)19)12(17-14(15)16-10)9-5-3-2-4-6-9/h2-8H,1H3,(H2,15,16,17). The van der Waals surface area contributed by atoms with Crippen LogP contribution in [0.4, 0.5) is 5.95 Å². The van der Waals surface area contributed by atoms with Crippen molar-refractivity contribution in [3.8, 4) is 11.3 Å². The van der Waals surface area contributed by atoms with E-state index in [-0.39, 0.29) is 11.5 Å². The molecule has 0 aliphatic carbocycles. The molecule has 2 aromatic heterocycles. The zero-order valence-corrected chi connectivity index (χ0v) is 10.4. The lowest BCUT2D eigenvalue weighted by molar-refractivity contribution is 0.871. The van der Waals surface area contributed by atoms with Gasteiger partial charge in [0.2, 0.25) is 5.95 Å². The number of anilines is 1. The molecule has 19 heavy (non-hydrogen) atoms. The van der Waals surface area contributed by atoms with E-state index in [9.17, 15) is 4.79 Å². The lowest BCUT2D eigenvalue weighted by Gasteiger charge is -2.07. The van der Waals surface area contributed by atoms with E-state index in [2.05, 4.69) is 9.97 Å². The molecule has 94 valence electrons. The van der Waals surface area contributed by atoms with Crippen molar-refractivity contribution in [2.24, 2.45) is 7.05 Å². The van der Waals surface area contributed by atoms with E-state index >= 15 is 0 Å². The van der Waals surface area contributed by atoms with Gasteiger partial charge in [-0.05, 0) is 6.07 Å². The zero-order valence-electron chi connectivity index (χ0n) is 10.4. The minimum atomic E-state index is -0.128. The van der Waals surface area contributed by atoms with Crippen LogP contribution in [0.5, 0.6) is 0 Å². The van der Waals surface area contributed by atoms with Crippen molar-refractivity contribution >= 4 is 16.9 Å². The van der Waals surface area contributed by atoms with Gasteiger partial charge in [0.1, 0.15) is 0 Å². The number of hydrogen-bond acceptors (Lipinski definition) is 4. The van der Waals surface area contributed by atoms with E-state index < -0.39 is 0 Å². The second-order valence-electron chi connectivity index (χ2n) is 4.29. The molecular formula is C14H12N4O. The normalized spacial score (nSPS) is 10.8. The molecule has 3 aromatic rings. The summed E-state index contributed by atoms with van der Waals surface area (Å²) in [4.78, 5) is 20.6.